The number of carbonyl (C=O) groups is 2. The molecule has 0 aliphatic carbocycles. The summed E-state index contributed by atoms with van der Waals surface area (Å²) in [6.07, 6.45) is 0.242. The molecule has 1 saturated heterocycles. The van der Waals surface area contributed by atoms with Gasteiger partial charge in [-0.3, -0.25) is 4.79 Å². The van der Waals surface area contributed by atoms with Crippen molar-refractivity contribution in [2.24, 2.45) is 11.8 Å². The number of amides is 1. The van der Waals surface area contributed by atoms with Gasteiger partial charge in [-0.1, -0.05) is 37.3 Å². The summed E-state index contributed by atoms with van der Waals surface area (Å²) in [5.41, 5.74) is 0.915. The molecule has 0 unspecified atom stereocenters. The second-order valence-electron chi connectivity index (χ2n) is 5.60. The van der Waals surface area contributed by atoms with Crippen LogP contribution in [-0.2, 0) is 16.1 Å². The number of carbonyl (C=O) groups excluding carboxylic acids is 1. The number of aliphatic carboxylic acids is 1. The van der Waals surface area contributed by atoms with Crippen LogP contribution in [0.25, 0.3) is 0 Å². The zero-order valence-corrected chi connectivity index (χ0v) is 12.4. The molecule has 0 bridgehead atoms. The number of hydrogen-bond acceptors (Lipinski definition) is 3. The Labute approximate surface area is 124 Å². The maximum absolute atomic E-state index is 12.2. The third kappa shape index (κ3) is 3.54. The van der Waals surface area contributed by atoms with Gasteiger partial charge in [0.05, 0.1) is 5.92 Å². The molecule has 2 rings (SSSR count). The SMILES string of the molecule is C[C@@H]1CCN(C(=O)OCc2ccccc2)[C@H](C)[C@@H]1C(=O)O. The van der Waals surface area contributed by atoms with Gasteiger partial charge < -0.3 is 14.7 Å². The molecule has 1 fully saturated rings. The fraction of sp³-hybridized carbons (Fsp3) is 0.500. The van der Waals surface area contributed by atoms with Gasteiger partial charge in [-0.05, 0) is 24.8 Å². The molecule has 5 nitrogen and oxygen atoms in total. The number of carboxylic acids is 1. The van der Waals surface area contributed by atoms with Gasteiger partial charge >= 0.3 is 12.1 Å². The lowest BCUT2D eigenvalue weighted by Gasteiger charge is -2.40. The van der Waals surface area contributed by atoms with Crippen LogP contribution >= 0.6 is 0 Å². The molecule has 1 amide bonds. The Morgan fingerprint density at radius 3 is 2.57 bits per heavy atom. The van der Waals surface area contributed by atoms with Gasteiger partial charge in [0, 0.05) is 12.6 Å². The first-order valence-corrected chi connectivity index (χ1v) is 7.21. The lowest BCUT2D eigenvalue weighted by molar-refractivity contribution is -0.147. The first-order valence-electron chi connectivity index (χ1n) is 7.21. The maximum Gasteiger partial charge on any atom is 0.410 e. The molecule has 114 valence electrons. The third-order valence-corrected chi connectivity index (χ3v) is 4.17. The zero-order valence-electron chi connectivity index (χ0n) is 12.4. The molecular weight excluding hydrogens is 270 g/mol. The minimum absolute atomic E-state index is 0.0654. The van der Waals surface area contributed by atoms with Gasteiger partial charge in [0.1, 0.15) is 6.61 Å². The Hall–Kier alpha value is -2.04. The monoisotopic (exact) mass is 291 g/mol. The van der Waals surface area contributed by atoms with E-state index >= 15 is 0 Å². The Bertz CT molecular complexity index is 502. The molecule has 1 aliphatic heterocycles. The van der Waals surface area contributed by atoms with E-state index in [1.54, 1.807) is 6.92 Å². The van der Waals surface area contributed by atoms with Crippen LogP contribution in [0.5, 0.6) is 0 Å². The normalized spacial score (nSPS) is 25.4. The molecule has 1 aromatic rings. The van der Waals surface area contributed by atoms with Crippen molar-refractivity contribution in [3.63, 3.8) is 0 Å². The van der Waals surface area contributed by atoms with Crippen LogP contribution in [0.2, 0.25) is 0 Å². The van der Waals surface area contributed by atoms with Crippen molar-refractivity contribution in [3.8, 4) is 0 Å². The van der Waals surface area contributed by atoms with E-state index in [1.807, 2.05) is 37.3 Å². The summed E-state index contributed by atoms with van der Waals surface area (Å²) in [6.45, 7) is 4.44. The van der Waals surface area contributed by atoms with E-state index in [1.165, 1.54) is 4.90 Å². The summed E-state index contributed by atoms with van der Waals surface area (Å²) in [5, 5.41) is 9.31. The fourth-order valence-corrected chi connectivity index (χ4v) is 2.90. The van der Waals surface area contributed by atoms with Crippen LogP contribution in [0.15, 0.2) is 30.3 Å². The van der Waals surface area contributed by atoms with E-state index in [2.05, 4.69) is 0 Å². The molecule has 1 heterocycles. The summed E-state index contributed by atoms with van der Waals surface area (Å²) in [7, 11) is 0. The second-order valence-corrected chi connectivity index (χ2v) is 5.60. The lowest BCUT2D eigenvalue weighted by Crippen LogP contribution is -2.52. The average molecular weight is 291 g/mol. The molecule has 1 N–H and O–H groups in total. The van der Waals surface area contributed by atoms with Crippen LogP contribution < -0.4 is 0 Å². The highest BCUT2D eigenvalue weighted by Gasteiger charge is 2.40. The number of piperidine rings is 1. The van der Waals surface area contributed by atoms with Crippen LogP contribution in [0, 0.1) is 11.8 Å². The lowest BCUT2D eigenvalue weighted by atomic mass is 9.81. The Kier molecular flexibility index (Phi) is 4.83. The summed E-state index contributed by atoms with van der Waals surface area (Å²) >= 11 is 0. The average Bonchev–Trinajstić information content (AvgIpc) is 2.45. The predicted molar refractivity (Wildman–Crippen MR) is 77.7 cm³/mol. The maximum atomic E-state index is 12.2. The molecule has 0 radical (unpaired) electrons. The van der Waals surface area contributed by atoms with Crippen molar-refractivity contribution < 1.29 is 19.4 Å². The highest BCUT2D eigenvalue weighted by Crippen LogP contribution is 2.29. The van der Waals surface area contributed by atoms with E-state index in [9.17, 15) is 14.7 Å². The number of rotatable bonds is 3. The molecule has 3 atom stereocenters. The van der Waals surface area contributed by atoms with Crippen molar-refractivity contribution in [2.45, 2.75) is 32.9 Å². The van der Waals surface area contributed by atoms with Crippen molar-refractivity contribution in [1.82, 2.24) is 4.90 Å². The van der Waals surface area contributed by atoms with Gasteiger partial charge in [-0.25, -0.2) is 4.79 Å². The molecule has 5 heteroatoms. The van der Waals surface area contributed by atoms with Gasteiger partial charge in [-0.15, -0.1) is 0 Å². The number of likely N-dealkylation sites (tertiary alicyclic amines) is 1. The fourth-order valence-electron chi connectivity index (χ4n) is 2.90. The predicted octanol–water partition coefficient (Wildman–Crippen LogP) is 2.75. The van der Waals surface area contributed by atoms with E-state index in [0.29, 0.717) is 13.0 Å². The van der Waals surface area contributed by atoms with E-state index in [4.69, 9.17) is 4.74 Å². The molecular formula is C16H21NO4. The Balaban J connectivity index is 1.97. The minimum atomic E-state index is -0.851. The van der Waals surface area contributed by atoms with Crippen molar-refractivity contribution in [3.05, 3.63) is 35.9 Å². The number of nitrogens with zero attached hydrogens (tertiary/aromatic N) is 1. The van der Waals surface area contributed by atoms with Crippen LogP contribution in [0.4, 0.5) is 4.79 Å². The smallest absolute Gasteiger partial charge is 0.410 e. The molecule has 0 saturated carbocycles. The summed E-state index contributed by atoms with van der Waals surface area (Å²) in [6, 6.07) is 9.08. The topological polar surface area (TPSA) is 66.8 Å². The second kappa shape index (κ2) is 6.61. The zero-order chi connectivity index (χ0) is 15.4. The summed E-state index contributed by atoms with van der Waals surface area (Å²) in [5.74, 6) is -1.32. The van der Waals surface area contributed by atoms with E-state index in [0.717, 1.165) is 5.56 Å². The molecule has 0 spiro atoms. The first kappa shape index (κ1) is 15.4. The number of benzene rings is 1. The number of hydrogen-bond donors (Lipinski definition) is 1. The highest BCUT2D eigenvalue weighted by atomic mass is 16.6. The largest absolute Gasteiger partial charge is 0.481 e. The van der Waals surface area contributed by atoms with Crippen LogP contribution in [0.3, 0.4) is 0 Å². The number of carboxylic acid groups (broad SMARTS) is 1. The van der Waals surface area contributed by atoms with Gasteiger partial charge in [0.15, 0.2) is 0 Å². The van der Waals surface area contributed by atoms with Crippen molar-refractivity contribution in [1.29, 1.82) is 0 Å². The number of ether oxygens (including phenoxy) is 1. The third-order valence-electron chi connectivity index (χ3n) is 4.17. The standard InChI is InChI=1S/C16H21NO4/c1-11-8-9-17(12(2)14(11)15(18)19)16(20)21-10-13-6-4-3-5-7-13/h3-7,11-12,14H,8-10H2,1-2H3,(H,18,19)/t11-,12-,14-/m1/s1. The van der Waals surface area contributed by atoms with Gasteiger partial charge in [-0.2, -0.15) is 0 Å². The van der Waals surface area contributed by atoms with Crippen LogP contribution in [-0.4, -0.2) is 34.7 Å². The highest BCUT2D eigenvalue weighted by molar-refractivity contribution is 5.74. The Morgan fingerprint density at radius 2 is 1.95 bits per heavy atom. The van der Waals surface area contributed by atoms with Crippen molar-refractivity contribution in [2.75, 3.05) is 6.54 Å². The first-order chi connectivity index (χ1) is 10.0. The van der Waals surface area contributed by atoms with Gasteiger partial charge in [0.25, 0.3) is 0 Å². The van der Waals surface area contributed by atoms with E-state index < -0.39 is 18.0 Å². The summed E-state index contributed by atoms with van der Waals surface area (Å²) < 4.78 is 5.30. The molecule has 0 aromatic heterocycles. The minimum Gasteiger partial charge on any atom is -0.481 e. The molecule has 21 heavy (non-hydrogen) atoms. The van der Waals surface area contributed by atoms with Crippen LogP contribution in [0.1, 0.15) is 25.8 Å². The van der Waals surface area contributed by atoms with Gasteiger partial charge in [0.2, 0.25) is 0 Å². The van der Waals surface area contributed by atoms with Crippen molar-refractivity contribution >= 4 is 12.1 Å². The Morgan fingerprint density at radius 1 is 1.29 bits per heavy atom. The quantitative estimate of drug-likeness (QED) is 0.930. The molecule has 1 aromatic carbocycles. The molecule has 1 aliphatic rings. The summed E-state index contributed by atoms with van der Waals surface area (Å²) in [4.78, 5) is 25.0. The van der Waals surface area contributed by atoms with E-state index in [-0.39, 0.29) is 18.6 Å².